The molecular weight excluding hydrogens is 171 g/mol. The number of alkyl halides is 3. The van der Waals surface area contributed by atoms with Crippen LogP contribution in [-0.2, 0) is 0 Å². The van der Waals surface area contributed by atoms with Gasteiger partial charge in [-0.25, -0.2) is 0 Å². The molecule has 2 nitrogen and oxygen atoms in total. The maximum Gasteiger partial charge on any atom is 0.414 e. The van der Waals surface area contributed by atoms with Crippen LogP contribution in [0.3, 0.4) is 0 Å². The molecule has 0 aliphatic carbocycles. The van der Waals surface area contributed by atoms with E-state index < -0.39 is 18.2 Å². The first-order chi connectivity index (χ1) is 5.52. The van der Waals surface area contributed by atoms with Crippen molar-refractivity contribution in [2.75, 3.05) is 13.1 Å². The van der Waals surface area contributed by atoms with E-state index in [0.717, 1.165) is 0 Å². The highest BCUT2D eigenvalue weighted by Crippen LogP contribution is 2.29. The fraction of sp³-hybridized carbons (Fsp3) is 1.00. The van der Waals surface area contributed by atoms with E-state index in [9.17, 15) is 13.2 Å². The van der Waals surface area contributed by atoms with Gasteiger partial charge in [-0.3, -0.25) is 0 Å². The fourth-order valence-corrected chi connectivity index (χ4v) is 1.43. The summed E-state index contributed by atoms with van der Waals surface area (Å²) in [5.41, 5.74) is 0. The number of hydrogen-bond acceptors (Lipinski definition) is 2. The molecule has 1 atom stereocenters. The minimum Gasteiger partial charge on any atom is -0.383 e. The zero-order chi connectivity index (χ0) is 9.19. The van der Waals surface area contributed by atoms with Gasteiger partial charge in [0.05, 0.1) is 0 Å². The van der Waals surface area contributed by atoms with Gasteiger partial charge in [0, 0.05) is 0 Å². The molecule has 1 saturated heterocycles. The van der Waals surface area contributed by atoms with Crippen molar-refractivity contribution in [3.05, 3.63) is 0 Å². The molecule has 12 heavy (non-hydrogen) atoms. The first-order valence-electron chi connectivity index (χ1n) is 3.97. The van der Waals surface area contributed by atoms with Gasteiger partial charge in [-0.15, -0.1) is 0 Å². The van der Waals surface area contributed by atoms with Crippen LogP contribution in [-0.4, -0.2) is 30.5 Å². The first kappa shape index (κ1) is 9.80. The Bertz CT molecular complexity index is 142. The van der Waals surface area contributed by atoms with Gasteiger partial charge < -0.3 is 10.4 Å². The van der Waals surface area contributed by atoms with E-state index >= 15 is 0 Å². The lowest BCUT2D eigenvalue weighted by molar-refractivity contribution is -0.221. The Hall–Kier alpha value is -0.290. The fourth-order valence-electron chi connectivity index (χ4n) is 1.43. The summed E-state index contributed by atoms with van der Waals surface area (Å²) in [6, 6.07) is 0. The Balaban J connectivity index is 2.45. The average Bonchev–Trinajstić information content (AvgIpc) is 2.03. The lowest BCUT2D eigenvalue weighted by Crippen LogP contribution is -2.41. The standard InChI is InChI=1S/C7H12F3NO/c8-7(9,10)6(12)5-1-3-11-4-2-5/h5-6,11-12H,1-4H2/t6-/m1/s1. The number of halogens is 3. The molecule has 1 heterocycles. The molecule has 1 rings (SSSR count). The highest BCUT2D eigenvalue weighted by atomic mass is 19.4. The SMILES string of the molecule is O[C@H](C1CCNCC1)C(F)(F)F. The van der Waals surface area contributed by atoms with Crippen LogP contribution in [0.15, 0.2) is 0 Å². The zero-order valence-electron chi connectivity index (χ0n) is 6.56. The van der Waals surface area contributed by atoms with Gasteiger partial charge in [0.2, 0.25) is 0 Å². The van der Waals surface area contributed by atoms with Crippen LogP contribution in [0.2, 0.25) is 0 Å². The van der Waals surface area contributed by atoms with E-state index in [1.54, 1.807) is 0 Å². The Kier molecular flexibility index (Phi) is 2.95. The van der Waals surface area contributed by atoms with Crippen molar-refractivity contribution in [1.29, 1.82) is 0 Å². The van der Waals surface area contributed by atoms with Crippen LogP contribution in [0.25, 0.3) is 0 Å². The minimum atomic E-state index is -4.46. The van der Waals surface area contributed by atoms with Crippen LogP contribution >= 0.6 is 0 Å². The maximum atomic E-state index is 12.0. The zero-order valence-corrected chi connectivity index (χ0v) is 6.56. The molecule has 5 heteroatoms. The molecule has 0 aromatic heterocycles. The van der Waals surface area contributed by atoms with Gasteiger partial charge in [-0.2, -0.15) is 13.2 Å². The summed E-state index contributed by atoms with van der Waals surface area (Å²) in [5, 5.41) is 11.8. The maximum absolute atomic E-state index is 12.0. The van der Waals surface area contributed by atoms with Crippen LogP contribution in [0.1, 0.15) is 12.8 Å². The van der Waals surface area contributed by atoms with Crippen molar-refractivity contribution in [3.63, 3.8) is 0 Å². The molecular formula is C7H12F3NO. The van der Waals surface area contributed by atoms with Crippen molar-refractivity contribution < 1.29 is 18.3 Å². The molecule has 72 valence electrons. The van der Waals surface area contributed by atoms with E-state index in [4.69, 9.17) is 5.11 Å². The highest BCUT2D eigenvalue weighted by Gasteiger charge is 2.43. The Morgan fingerprint density at radius 1 is 1.25 bits per heavy atom. The van der Waals surface area contributed by atoms with Gasteiger partial charge >= 0.3 is 6.18 Å². The van der Waals surface area contributed by atoms with Crippen molar-refractivity contribution in [1.82, 2.24) is 5.32 Å². The van der Waals surface area contributed by atoms with Crippen molar-refractivity contribution >= 4 is 0 Å². The summed E-state index contributed by atoms with van der Waals surface area (Å²) >= 11 is 0. The highest BCUT2D eigenvalue weighted by molar-refractivity contribution is 4.79. The van der Waals surface area contributed by atoms with E-state index in [2.05, 4.69) is 5.32 Å². The Morgan fingerprint density at radius 2 is 1.75 bits per heavy atom. The topological polar surface area (TPSA) is 32.3 Å². The predicted molar refractivity (Wildman–Crippen MR) is 37.7 cm³/mol. The summed E-state index contributed by atoms with van der Waals surface area (Å²) in [4.78, 5) is 0. The van der Waals surface area contributed by atoms with Gasteiger partial charge in [0.1, 0.15) is 0 Å². The van der Waals surface area contributed by atoms with Crippen molar-refractivity contribution in [3.8, 4) is 0 Å². The van der Waals surface area contributed by atoms with Crippen LogP contribution in [0.4, 0.5) is 13.2 Å². The van der Waals surface area contributed by atoms with Crippen LogP contribution in [0.5, 0.6) is 0 Å². The number of hydrogen-bond donors (Lipinski definition) is 2. The van der Waals surface area contributed by atoms with Crippen molar-refractivity contribution in [2.45, 2.75) is 25.1 Å². The van der Waals surface area contributed by atoms with Crippen LogP contribution < -0.4 is 5.32 Å². The van der Waals surface area contributed by atoms with Gasteiger partial charge in [0.25, 0.3) is 0 Å². The monoisotopic (exact) mass is 183 g/mol. The first-order valence-corrected chi connectivity index (χ1v) is 3.97. The summed E-state index contributed by atoms with van der Waals surface area (Å²) in [7, 11) is 0. The Labute approximate surface area is 68.8 Å². The molecule has 0 amide bonds. The molecule has 0 aromatic rings. The quantitative estimate of drug-likeness (QED) is 0.633. The molecule has 0 radical (unpaired) electrons. The summed E-state index contributed by atoms with van der Waals surface area (Å²) in [6.45, 7) is 1.13. The number of rotatable bonds is 1. The van der Waals surface area contributed by atoms with Gasteiger partial charge in [-0.05, 0) is 31.8 Å². The largest absolute Gasteiger partial charge is 0.414 e. The summed E-state index contributed by atoms with van der Waals surface area (Å²) in [5.74, 6) is -0.619. The number of nitrogens with one attached hydrogen (secondary N) is 1. The third-order valence-corrected chi connectivity index (χ3v) is 2.17. The van der Waals surface area contributed by atoms with E-state index in [-0.39, 0.29) is 0 Å². The third kappa shape index (κ3) is 2.35. The smallest absolute Gasteiger partial charge is 0.383 e. The third-order valence-electron chi connectivity index (χ3n) is 2.17. The molecule has 0 unspecified atom stereocenters. The molecule has 1 aliphatic rings. The summed E-state index contributed by atoms with van der Waals surface area (Å²) in [6.07, 6.45) is -5.79. The lowest BCUT2D eigenvalue weighted by Gasteiger charge is -2.28. The number of piperidine rings is 1. The summed E-state index contributed by atoms with van der Waals surface area (Å²) < 4.78 is 35.9. The molecule has 2 N–H and O–H groups in total. The predicted octanol–water partition coefficient (Wildman–Crippen LogP) is 0.909. The number of aliphatic hydroxyl groups is 1. The van der Waals surface area contributed by atoms with Crippen molar-refractivity contribution in [2.24, 2.45) is 5.92 Å². The molecule has 0 saturated carbocycles. The molecule has 1 fully saturated rings. The van der Waals surface area contributed by atoms with E-state index in [1.807, 2.05) is 0 Å². The second-order valence-electron chi connectivity index (χ2n) is 3.07. The molecule has 1 aliphatic heterocycles. The Morgan fingerprint density at radius 3 is 2.17 bits per heavy atom. The molecule has 0 bridgehead atoms. The van der Waals surface area contributed by atoms with E-state index in [0.29, 0.717) is 25.9 Å². The van der Waals surface area contributed by atoms with E-state index in [1.165, 1.54) is 0 Å². The lowest BCUT2D eigenvalue weighted by atomic mass is 9.92. The number of aliphatic hydroxyl groups excluding tert-OH is 1. The molecule has 0 aromatic carbocycles. The second-order valence-corrected chi connectivity index (χ2v) is 3.07. The minimum absolute atomic E-state index is 0.403. The average molecular weight is 183 g/mol. The van der Waals surface area contributed by atoms with Crippen LogP contribution in [0, 0.1) is 5.92 Å². The van der Waals surface area contributed by atoms with Gasteiger partial charge in [0.15, 0.2) is 6.10 Å². The van der Waals surface area contributed by atoms with Gasteiger partial charge in [-0.1, -0.05) is 0 Å². The normalized spacial score (nSPS) is 24.0. The molecule has 0 spiro atoms. The second kappa shape index (κ2) is 3.62.